The Balaban J connectivity index is 2.38. The van der Waals surface area contributed by atoms with E-state index in [-0.39, 0.29) is 12.4 Å². The molecule has 88 valence electrons. The quantitative estimate of drug-likeness (QED) is 0.852. The molecule has 2 N–H and O–H groups in total. The number of aliphatic hydroxyl groups is 1. The van der Waals surface area contributed by atoms with Crippen LogP contribution in [-0.2, 0) is 6.61 Å². The number of rotatable bonds is 3. The fourth-order valence-electron chi connectivity index (χ4n) is 1.66. The highest BCUT2D eigenvalue weighted by Gasteiger charge is 2.04. The van der Waals surface area contributed by atoms with Crippen molar-refractivity contribution in [2.45, 2.75) is 6.61 Å². The van der Waals surface area contributed by atoms with Gasteiger partial charge in [0.2, 0.25) is 0 Å². The van der Waals surface area contributed by atoms with Gasteiger partial charge in [-0.1, -0.05) is 30.3 Å². The van der Waals surface area contributed by atoms with E-state index in [0.29, 0.717) is 5.75 Å². The van der Waals surface area contributed by atoms with E-state index >= 15 is 0 Å². The number of phenolic OH excluding ortho intramolecular Hbond substituents is 1. The zero-order chi connectivity index (χ0) is 12.3. The molecule has 0 aliphatic heterocycles. The van der Waals surface area contributed by atoms with Crippen LogP contribution in [0.25, 0.3) is 11.1 Å². The van der Waals surface area contributed by atoms with Gasteiger partial charge in [0.05, 0.1) is 13.7 Å². The molecule has 0 aromatic heterocycles. The van der Waals surface area contributed by atoms with Gasteiger partial charge in [-0.25, -0.2) is 0 Å². The molecular weight excluding hydrogens is 216 g/mol. The highest BCUT2D eigenvalue weighted by molar-refractivity contribution is 5.67. The summed E-state index contributed by atoms with van der Waals surface area (Å²) in [6, 6.07) is 12.8. The molecule has 0 atom stereocenters. The first kappa shape index (κ1) is 11.5. The zero-order valence-corrected chi connectivity index (χ0v) is 9.55. The number of methoxy groups -OCH3 is 1. The Morgan fingerprint density at radius 2 is 1.65 bits per heavy atom. The lowest BCUT2D eigenvalue weighted by Gasteiger charge is -2.07. The molecule has 0 saturated carbocycles. The van der Waals surface area contributed by atoms with Gasteiger partial charge in [-0.15, -0.1) is 0 Å². The Morgan fingerprint density at radius 1 is 1.00 bits per heavy atom. The Hall–Kier alpha value is -2.00. The van der Waals surface area contributed by atoms with Crippen LogP contribution in [0, 0.1) is 0 Å². The number of ether oxygens (including phenoxy) is 1. The number of benzene rings is 2. The minimum absolute atomic E-state index is 0.0409. The van der Waals surface area contributed by atoms with E-state index in [1.54, 1.807) is 12.1 Å². The van der Waals surface area contributed by atoms with Crippen molar-refractivity contribution in [3.8, 4) is 22.6 Å². The van der Waals surface area contributed by atoms with E-state index < -0.39 is 0 Å². The fraction of sp³-hybridized carbons (Fsp3) is 0.143. The summed E-state index contributed by atoms with van der Waals surface area (Å²) in [6.07, 6.45) is 0. The minimum Gasteiger partial charge on any atom is -0.504 e. The Kier molecular flexibility index (Phi) is 3.30. The third kappa shape index (κ3) is 2.40. The van der Waals surface area contributed by atoms with Gasteiger partial charge in [-0.3, -0.25) is 0 Å². The van der Waals surface area contributed by atoms with Crippen LogP contribution in [0.3, 0.4) is 0 Å². The third-order valence-corrected chi connectivity index (χ3v) is 2.65. The normalized spacial score (nSPS) is 10.2. The van der Waals surface area contributed by atoms with Crippen molar-refractivity contribution in [1.82, 2.24) is 0 Å². The summed E-state index contributed by atoms with van der Waals surface area (Å²) in [5.41, 5.74) is 2.85. The van der Waals surface area contributed by atoms with Crippen molar-refractivity contribution < 1.29 is 14.9 Å². The summed E-state index contributed by atoms with van der Waals surface area (Å²) in [7, 11) is 1.52. The van der Waals surface area contributed by atoms with Gasteiger partial charge in [-0.05, 0) is 28.8 Å². The average Bonchev–Trinajstić information content (AvgIpc) is 2.39. The molecule has 0 unspecified atom stereocenters. The molecule has 0 fully saturated rings. The van der Waals surface area contributed by atoms with E-state index in [2.05, 4.69) is 0 Å². The highest BCUT2D eigenvalue weighted by Crippen LogP contribution is 2.31. The molecule has 0 heterocycles. The molecule has 0 saturated heterocycles. The molecule has 2 aromatic carbocycles. The molecule has 0 aliphatic carbocycles. The predicted molar refractivity (Wildman–Crippen MR) is 66.0 cm³/mol. The number of aromatic hydroxyl groups is 1. The van der Waals surface area contributed by atoms with Crippen LogP contribution in [0.15, 0.2) is 42.5 Å². The van der Waals surface area contributed by atoms with E-state index in [0.717, 1.165) is 16.7 Å². The maximum absolute atomic E-state index is 9.51. The lowest BCUT2D eigenvalue weighted by Crippen LogP contribution is -1.86. The van der Waals surface area contributed by atoms with Crippen molar-refractivity contribution in [3.05, 3.63) is 48.0 Å². The van der Waals surface area contributed by atoms with Gasteiger partial charge in [0, 0.05) is 0 Å². The van der Waals surface area contributed by atoms with Crippen LogP contribution < -0.4 is 4.74 Å². The van der Waals surface area contributed by atoms with Gasteiger partial charge in [0.25, 0.3) is 0 Å². The molecular formula is C14H14O3. The summed E-state index contributed by atoms with van der Waals surface area (Å²) >= 11 is 0. The van der Waals surface area contributed by atoms with E-state index in [1.807, 2.05) is 30.3 Å². The summed E-state index contributed by atoms with van der Waals surface area (Å²) in [5.74, 6) is 0.581. The van der Waals surface area contributed by atoms with Crippen LogP contribution in [0.1, 0.15) is 5.56 Å². The molecule has 0 radical (unpaired) electrons. The van der Waals surface area contributed by atoms with Crippen molar-refractivity contribution in [1.29, 1.82) is 0 Å². The molecule has 3 heteroatoms. The monoisotopic (exact) mass is 230 g/mol. The standard InChI is InChI=1S/C14H14O3/c1-17-14-8-12(6-7-13(14)16)11-4-2-10(9-15)3-5-11/h2-8,15-16H,9H2,1H3. The van der Waals surface area contributed by atoms with Crippen molar-refractivity contribution in [2.75, 3.05) is 7.11 Å². The SMILES string of the molecule is COc1cc(-c2ccc(CO)cc2)ccc1O. The first-order chi connectivity index (χ1) is 8.24. The lowest BCUT2D eigenvalue weighted by atomic mass is 10.0. The molecule has 17 heavy (non-hydrogen) atoms. The predicted octanol–water partition coefficient (Wildman–Crippen LogP) is 2.56. The first-order valence-corrected chi connectivity index (χ1v) is 5.32. The molecule has 2 rings (SSSR count). The second kappa shape index (κ2) is 4.89. The summed E-state index contributed by atoms with van der Waals surface area (Å²) < 4.78 is 5.06. The van der Waals surface area contributed by atoms with Crippen LogP contribution in [0.4, 0.5) is 0 Å². The molecule has 2 aromatic rings. The van der Waals surface area contributed by atoms with Gasteiger partial charge in [-0.2, -0.15) is 0 Å². The van der Waals surface area contributed by atoms with Gasteiger partial charge in [0.15, 0.2) is 11.5 Å². The van der Waals surface area contributed by atoms with Crippen molar-refractivity contribution >= 4 is 0 Å². The van der Waals surface area contributed by atoms with E-state index in [4.69, 9.17) is 9.84 Å². The average molecular weight is 230 g/mol. The summed E-state index contributed by atoms with van der Waals surface area (Å²) in [4.78, 5) is 0. The molecule has 3 nitrogen and oxygen atoms in total. The van der Waals surface area contributed by atoms with Crippen molar-refractivity contribution in [2.24, 2.45) is 0 Å². The topological polar surface area (TPSA) is 49.7 Å². The van der Waals surface area contributed by atoms with Crippen LogP contribution in [-0.4, -0.2) is 17.3 Å². The number of hydrogen-bond acceptors (Lipinski definition) is 3. The van der Waals surface area contributed by atoms with Crippen molar-refractivity contribution in [3.63, 3.8) is 0 Å². The molecule has 0 aliphatic rings. The molecule has 0 amide bonds. The lowest BCUT2D eigenvalue weighted by molar-refractivity contribution is 0.282. The summed E-state index contributed by atoms with van der Waals surface area (Å²) in [5, 5.41) is 18.5. The highest BCUT2D eigenvalue weighted by atomic mass is 16.5. The largest absolute Gasteiger partial charge is 0.504 e. The van der Waals surface area contributed by atoms with Gasteiger partial charge < -0.3 is 14.9 Å². The minimum atomic E-state index is 0.0409. The Bertz CT molecular complexity index is 503. The van der Waals surface area contributed by atoms with E-state index in [1.165, 1.54) is 7.11 Å². The molecule has 0 bridgehead atoms. The Morgan fingerprint density at radius 3 is 2.24 bits per heavy atom. The van der Waals surface area contributed by atoms with Gasteiger partial charge >= 0.3 is 0 Å². The number of phenols is 1. The van der Waals surface area contributed by atoms with E-state index in [9.17, 15) is 5.11 Å². The van der Waals surface area contributed by atoms with Crippen LogP contribution >= 0.6 is 0 Å². The second-order valence-electron chi connectivity index (χ2n) is 3.74. The van der Waals surface area contributed by atoms with Gasteiger partial charge in [0.1, 0.15) is 0 Å². The van der Waals surface area contributed by atoms with Crippen LogP contribution in [0.2, 0.25) is 0 Å². The number of hydrogen-bond donors (Lipinski definition) is 2. The summed E-state index contributed by atoms with van der Waals surface area (Å²) in [6.45, 7) is 0.0409. The maximum atomic E-state index is 9.51. The first-order valence-electron chi connectivity index (χ1n) is 5.32. The fourth-order valence-corrected chi connectivity index (χ4v) is 1.66. The smallest absolute Gasteiger partial charge is 0.161 e. The molecule has 0 spiro atoms. The Labute approximate surface area is 99.9 Å². The third-order valence-electron chi connectivity index (χ3n) is 2.65. The zero-order valence-electron chi connectivity index (χ0n) is 9.55. The van der Waals surface area contributed by atoms with Crippen LogP contribution in [0.5, 0.6) is 11.5 Å². The maximum Gasteiger partial charge on any atom is 0.161 e. The number of aliphatic hydroxyl groups excluding tert-OH is 1. The second-order valence-corrected chi connectivity index (χ2v) is 3.74.